The molecule has 1 unspecified atom stereocenters. The van der Waals surface area contributed by atoms with E-state index in [4.69, 9.17) is 21.1 Å². The van der Waals surface area contributed by atoms with E-state index in [0.717, 1.165) is 0 Å². The number of carbonyl (C=O) groups is 2. The van der Waals surface area contributed by atoms with Gasteiger partial charge in [0.15, 0.2) is 0 Å². The van der Waals surface area contributed by atoms with E-state index in [-0.39, 0.29) is 6.42 Å². The van der Waals surface area contributed by atoms with Crippen molar-refractivity contribution in [2.45, 2.75) is 65.3 Å². The minimum Gasteiger partial charge on any atom is -0.460 e. The molecule has 1 amide bonds. The second-order valence-electron chi connectivity index (χ2n) is 7.66. The first-order valence-electron chi connectivity index (χ1n) is 7.96. The zero-order chi connectivity index (χ0) is 19.4. The lowest BCUT2D eigenvalue weighted by molar-refractivity contribution is -0.157. The number of nitrogens with one attached hydrogen (secondary N) is 1. The van der Waals surface area contributed by atoms with Crippen LogP contribution in [0.2, 0.25) is 5.02 Å². The Hall–Kier alpha value is -1.79. The Labute approximate surface area is 153 Å². The van der Waals surface area contributed by atoms with Crippen LogP contribution in [-0.2, 0) is 14.3 Å². The van der Waals surface area contributed by atoms with Crippen LogP contribution in [-0.4, -0.2) is 28.4 Å². The average molecular weight is 372 g/mol. The molecule has 0 saturated heterocycles. The molecule has 1 aromatic carbocycles. The Morgan fingerprint density at radius 1 is 1.12 bits per heavy atom. The quantitative estimate of drug-likeness (QED) is 0.763. The molecule has 6 nitrogen and oxygen atoms in total. The van der Waals surface area contributed by atoms with Gasteiger partial charge in [0.25, 0.3) is 0 Å². The third-order valence-electron chi connectivity index (χ3n) is 2.79. The molecule has 0 heterocycles. The monoisotopic (exact) mass is 371 g/mol. The molecule has 2 N–H and O–H groups in total. The van der Waals surface area contributed by atoms with Gasteiger partial charge in [-0.05, 0) is 59.7 Å². The van der Waals surface area contributed by atoms with Gasteiger partial charge in [-0.2, -0.15) is 0 Å². The van der Waals surface area contributed by atoms with Crippen molar-refractivity contribution in [1.29, 1.82) is 0 Å². The molecule has 1 rings (SSSR count). The molecular weight excluding hydrogens is 346 g/mol. The van der Waals surface area contributed by atoms with Crippen molar-refractivity contribution in [3.63, 3.8) is 0 Å². The highest BCUT2D eigenvalue weighted by molar-refractivity contribution is 6.30. The highest BCUT2D eigenvalue weighted by Crippen LogP contribution is 2.29. The Morgan fingerprint density at radius 2 is 1.68 bits per heavy atom. The van der Waals surface area contributed by atoms with E-state index < -0.39 is 29.4 Å². The number of benzene rings is 1. The number of rotatable bonds is 4. The van der Waals surface area contributed by atoms with E-state index in [1.54, 1.807) is 53.7 Å². The maximum atomic E-state index is 12.0. The summed E-state index contributed by atoms with van der Waals surface area (Å²) < 4.78 is 10.4. The van der Waals surface area contributed by atoms with E-state index in [1.165, 1.54) is 6.07 Å². The molecule has 7 heteroatoms. The zero-order valence-electron chi connectivity index (χ0n) is 15.5. The second-order valence-corrected chi connectivity index (χ2v) is 8.10. The summed E-state index contributed by atoms with van der Waals surface area (Å²) in [6.07, 6.45) is -2.11. The van der Waals surface area contributed by atoms with Gasteiger partial charge >= 0.3 is 12.1 Å². The van der Waals surface area contributed by atoms with Crippen LogP contribution in [0.4, 0.5) is 10.5 Å². The smallest absolute Gasteiger partial charge is 0.412 e. The Balaban J connectivity index is 2.93. The van der Waals surface area contributed by atoms with Gasteiger partial charge in [0.2, 0.25) is 0 Å². The largest absolute Gasteiger partial charge is 0.460 e. The fourth-order valence-electron chi connectivity index (χ4n) is 1.99. The van der Waals surface area contributed by atoms with Gasteiger partial charge in [0.05, 0.1) is 12.5 Å². The van der Waals surface area contributed by atoms with Crippen molar-refractivity contribution < 1.29 is 24.2 Å². The van der Waals surface area contributed by atoms with Gasteiger partial charge in [0, 0.05) is 16.3 Å². The average Bonchev–Trinajstić information content (AvgIpc) is 2.36. The minimum atomic E-state index is -1.18. The molecule has 0 radical (unpaired) electrons. The van der Waals surface area contributed by atoms with Gasteiger partial charge in [-0.1, -0.05) is 11.6 Å². The maximum absolute atomic E-state index is 12.0. The summed E-state index contributed by atoms with van der Waals surface area (Å²) in [4.78, 5) is 23.9. The zero-order valence-corrected chi connectivity index (χ0v) is 16.2. The molecule has 25 heavy (non-hydrogen) atoms. The molecule has 0 aliphatic carbocycles. The lowest BCUT2D eigenvalue weighted by atomic mass is 10.0. The first kappa shape index (κ1) is 21.3. The third-order valence-corrected chi connectivity index (χ3v) is 3.02. The summed E-state index contributed by atoms with van der Waals surface area (Å²) in [5.74, 6) is -0.553. The van der Waals surface area contributed by atoms with E-state index in [2.05, 4.69) is 5.32 Å². The Bertz CT molecular complexity index is 631. The van der Waals surface area contributed by atoms with Gasteiger partial charge in [-0.3, -0.25) is 10.1 Å². The van der Waals surface area contributed by atoms with Gasteiger partial charge in [-0.25, -0.2) is 4.79 Å². The fourth-order valence-corrected chi connectivity index (χ4v) is 2.17. The number of hydrogen-bond donors (Lipinski definition) is 2. The summed E-state index contributed by atoms with van der Waals surface area (Å²) in [5, 5.41) is 13.3. The number of ether oxygens (including phenoxy) is 2. The normalized spacial score (nSPS) is 13.1. The number of halogens is 1. The lowest BCUT2D eigenvalue weighted by Crippen LogP contribution is -2.28. The van der Waals surface area contributed by atoms with Crippen LogP contribution < -0.4 is 5.32 Å². The van der Waals surface area contributed by atoms with Gasteiger partial charge in [-0.15, -0.1) is 0 Å². The van der Waals surface area contributed by atoms with Crippen LogP contribution in [0.1, 0.15) is 59.6 Å². The minimum absolute atomic E-state index is 0.263. The number of anilines is 1. The van der Waals surface area contributed by atoms with Crippen molar-refractivity contribution in [3.8, 4) is 0 Å². The third kappa shape index (κ3) is 8.23. The van der Waals surface area contributed by atoms with E-state index in [9.17, 15) is 14.7 Å². The molecule has 1 atom stereocenters. The predicted octanol–water partition coefficient (Wildman–Crippen LogP) is 4.45. The van der Waals surface area contributed by atoms with Crippen LogP contribution in [0.15, 0.2) is 18.2 Å². The summed E-state index contributed by atoms with van der Waals surface area (Å²) in [5.41, 5.74) is -0.687. The molecule has 0 aliphatic heterocycles. The lowest BCUT2D eigenvalue weighted by Gasteiger charge is -2.23. The van der Waals surface area contributed by atoms with E-state index in [0.29, 0.717) is 16.3 Å². The highest BCUT2D eigenvalue weighted by atomic mass is 35.5. The van der Waals surface area contributed by atoms with Crippen LogP contribution in [0, 0.1) is 0 Å². The number of hydrogen-bond acceptors (Lipinski definition) is 5. The first-order valence-corrected chi connectivity index (χ1v) is 8.34. The number of esters is 1. The molecule has 1 aromatic rings. The summed E-state index contributed by atoms with van der Waals surface area (Å²) in [6.45, 7) is 10.5. The van der Waals surface area contributed by atoms with Crippen LogP contribution in [0.5, 0.6) is 0 Å². The van der Waals surface area contributed by atoms with Crippen LogP contribution in [0.25, 0.3) is 0 Å². The summed E-state index contributed by atoms with van der Waals surface area (Å²) in [6, 6.07) is 4.60. The number of aliphatic hydroxyl groups is 1. The summed E-state index contributed by atoms with van der Waals surface area (Å²) in [7, 11) is 0. The maximum Gasteiger partial charge on any atom is 0.412 e. The Morgan fingerprint density at radius 3 is 2.20 bits per heavy atom. The van der Waals surface area contributed by atoms with Crippen molar-refractivity contribution in [2.24, 2.45) is 0 Å². The first-order chi connectivity index (χ1) is 11.3. The van der Waals surface area contributed by atoms with E-state index >= 15 is 0 Å². The second kappa shape index (κ2) is 8.06. The Kier molecular flexibility index (Phi) is 6.85. The van der Waals surface area contributed by atoms with Crippen LogP contribution in [0.3, 0.4) is 0 Å². The molecule has 0 fully saturated rings. The van der Waals surface area contributed by atoms with Crippen molar-refractivity contribution in [1.82, 2.24) is 0 Å². The number of aliphatic hydroxyl groups excluding tert-OH is 1. The number of carbonyl (C=O) groups excluding carboxylic acids is 2. The SMILES string of the molecule is CC(C)(C)OC(=O)CC(O)c1cc(Cl)ccc1NC(=O)OC(C)(C)C. The van der Waals surface area contributed by atoms with Gasteiger partial charge in [0.1, 0.15) is 11.2 Å². The molecule has 0 bridgehead atoms. The topological polar surface area (TPSA) is 84.9 Å². The molecule has 0 spiro atoms. The molecule has 0 aliphatic rings. The standard InChI is InChI=1S/C18H26ClNO5/c1-17(2,3)24-15(22)10-14(21)12-9-11(19)7-8-13(12)20-16(23)25-18(4,5)6/h7-9,14,21H,10H2,1-6H3,(H,20,23). The van der Waals surface area contributed by atoms with Crippen molar-refractivity contribution >= 4 is 29.4 Å². The molecule has 0 aromatic heterocycles. The molecular formula is C18H26ClNO5. The van der Waals surface area contributed by atoms with Gasteiger partial charge < -0.3 is 14.6 Å². The van der Waals surface area contributed by atoms with E-state index in [1.807, 2.05) is 0 Å². The fraction of sp³-hybridized carbons (Fsp3) is 0.556. The van der Waals surface area contributed by atoms with Crippen molar-refractivity contribution in [3.05, 3.63) is 28.8 Å². The molecule has 0 saturated carbocycles. The summed E-state index contributed by atoms with van der Waals surface area (Å²) >= 11 is 5.98. The predicted molar refractivity (Wildman–Crippen MR) is 96.7 cm³/mol. The van der Waals surface area contributed by atoms with Crippen molar-refractivity contribution in [2.75, 3.05) is 5.32 Å². The van der Waals surface area contributed by atoms with Crippen LogP contribution >= 0.6 is 11.6 Å². The molecule has 140 valence electrons. The highest BCUT2D eigenvalue weighted by Gasteiger charge is 2.23. The number of amides is 1.